The Bertz CT molecular complexity index is 637. The average Bonchev–Trinajstić information content (AvgIpc) is 3.09. The Labute approximate surface area is 120 Å². The fourth-order valence-corrected chi connectivity index (χ4v) is 3.94. The van der Waals surface area contributed by atoms with Gasteiger partial charge < -0.3 is 5.32 Å². The molecule has 1 N–H and O–H groups in total. The lowest BCUT2D eigenvalue weighted by atomic mass is 10.1. The van der Waals surface area contributed by atoms with E-state index in [2.05, 4.69) is 34.5 Å². The van der Waals surface area contributed by atoms with Gasteiger partial charge in [-0.1, -0.05) is 18.2 Å². The molecule has 0 radical (unpaired) electrons. The van der Waals surface area contributed by atoms with Gasteiger partial charge in [0.05, 0.1) is 5.52 Å². The van der Waals surface area contributed by atoms with E-state index < -0.39 is 0 Å². The van der Waals surface area contributed by atoms with Gasteiger partial charge >= 0.3 is 0 Å². The highest BCUT2D eigenvalue weighted by Crippen LogP contribution is 2.38. The maximum atomic E-state index is 4.76. The molecule has 2 atom stereocenters. The monoisotopic (exact) mass is 267 g/mol. The zero-order chi connectivity index (χ0) is 13.5. The number of rotatable bonds is 3. The molecule has 2 fully saturated rings. The van der Waals surface area contributed by atoms with E-state index in [1.54, 1.807) is 0 Å². The van der Waals surface area contributed by atoms with Crippen LogP contribution in [0.1, 0.15) is 24.8 Å². The summed E-state index contributed by atoms with van der Waals surface area (Å²) in [7, 11) is 1.97. The zero-order valence-corrected chi connectivity index (χ0v) is 12.0. The summed E-state index contributed by atoms with van der Waals surface area (Å²) >= 11 is 0. The van der Waals surface area contributed by atoms with Crippen molar-refractivity contribution in [2.45, 2.75) is 31.8 Å². The summed E-state index contributed by atoms with van der Waals surface area (Å²) in [5.74, 6) is 1.98. The number of piperidine rings is 1. The summed E-state index contributed by atoms with van der Waals surface area (Å²) in [5, 5.41) is 4.51. The summed E-state index contributed by atoms with van der Waals surface area (Å²) in [6.45, 7) is 2.32. The van der Waals surface area contributed by atoms with Crippen LogP contribution in [0.4, 0.5) is 5.82 Å². The lowest BCUT2D eigenvalue weighted by molar-refractivity contribution is 0.205. The molecule has 2 aromatic rings. The maximum Gasteiger partial charge on any atom is 0.130 e. The van der Waals surface area contributed by atoms with Gasteiger partial charge in [-0.15, -0.1) is 0 Å². The summed E-state index contributed by atoms with van der Waals surface area (Å²) in [4.78, 5) is 7.41. The van der Waals surface area contributed by atoms with Gasteiger partial charge in [-0.05, 0) is 37.3 Å². The molecular formula is C17H21N3. The van der Waals surface area contributed by atoms with Crippen molar-refractivity contribution >= 4 is 16.7 Å². The molecular weight excluding hydrogens is 246 g/mol. The molecule has 1 aliphatic carbocycles. The van der Waals surface area contributed by atoms with Gasteiger partial charge in [0.15, 0.2) is 0 Å². The van der Waals surface area contributed by atoms with Crippen LogP contribution >= 0.6 is 0 Å². The number of pyridine rings is 1. The Hall–Kier alpha value is -1.61. The molecule has 3 heteroatoms. The number of benzene rings is 1. The third-order valence-electron chi connectivity index (χ3n) is 4.94. The molecule has 2 heterocycles. The SMILES string of the molecule is CNc1nc2ccccc2cc1CN1CC2CCC1C2. The normalized spacial score (nSPS) is 25.4. The first-order valence-electron chi connectivity index (χ1n) is 7.64. The molecule has 1 aliphatic heterocycles. The third kappa shape index (κ3) is 1.97. The topological polar surface area (TPSA) is 28.2 Å². The molecule has 1 saturated heterocycles. The molecule has 4 rings (SSSR count). The van der Waals surface area contributed by atoms with Crippen LogP contribution in [0.5, 0.6) is 0 Å². The van der Waals surface area contributed by atoms with Crippen LogP contribution in [0.25, 0.3) is 10.9 Å². The summed E-state index contributed by atoms with van der Waals surface area (Å²) in [6, 6.07) is 11.5. The largest absolute Gasteiger partial charge is 0.373 e. The maximum absolute atomic E-state index is 4.76. The molecule has 2 aliphatic rings. The van der Waals surface area contributed by atoms with Crippen molar-refractivity contribution in [1.29, 1.82) is 0 Å². The minimum atomic E-state index is 0.816. The van der Waals surface area contributed by atoms with Gasteiger partial charge in [-0.2, -0.15) is 0 Å². The van der Waals surface area contributed by atoms with Gasteiger partial charge in [0.1, 0.15) is 5.82 Å². The first kappa shape index (κ1) is 12.2. The molecule has 0 amide bonds. The second-order valence-electron chi connectivity index (χ2n) is 6.20. The highest BCUT2D eigenvalue weighted by Gasteiger charge is 2.37. The Kier molecular flexibility index (Phi) is 2.88. The number of para-hydroxylation sites is 1. The fraction of sp³-hybridized carbons (Fsp3) is 0.471. The van der Waals surface area contributed by atoms with E-state index in [9.17, 15) is 0 Å². The number of likely N-dealkylation sites (tertiary alicyclic amines) is 1. The molecule has 0 spiro atoms. The van der Waals surface area contributed by atoms with Crippen molar-refractivity contribution in [3.63, 3.8) is 0 Å². The quantitative estimate of drug-likeness (QED) is 0.925. The first-order chi connectivity index (χ1) is 9.83. The smallest absolute Gasteiger partial charge is 0.130 e. The molecule has 2 bridgehead atoms. The van der Waals surface area contributed by atoms with E-state index in [1.807, 2.05) is 13.1 Å². The summed E-state index contributed by atoms with van der Waals surface area (Å²) in [6.07, 6.45) is 4.24. The molecule has 1 saturated carbocycles. The molecule has 3 nitrogen and oxygen atoms in total. The Morgan fingerprint density at radius 1 is 1.30 bits per heavy atom. The van der Waals surface area contributed by atoms with E-state index in [0.29, 0.717) is 0 Å². The number of nitrogens with one attached hydrogen (secondary N) is 1. The van der Waals surface area contributed by atoms with Crippen molar-refractivity contribution in [2.24, 2.45) is 5.92 Å². The molecule has 1 aromatic heterocycles. The molecule has 104 valence electrons. The second kappa shape index (κ2) is 4.74. The van der Waals surface area contributed by atoms with E-state index in [1.165, 1.54) is 36.8 Å². The minimum Gasteiger partial charge on any atom is -0.373 e. The number of hydrogen-bond donors (Lipinski definition) is 1. The standard InChI is InChI=1S/C17H21N3/c1-18-17-14(9-13-4-2-3-5-16(13)19-17)11-20-10-12-6-7-15(20)8-12/h2-5,9,12,15H,6-8,10-11H2,1H3,(H,18,19). The van der Waals surface area contributed by atoms with E-state index >= 15 is 0 Å². The number of hydrogen-bond acceptors (Lipinski definition) is 3. The summed E-state index contributed by atoms with van der Waals surface area (Å²) in [5.41, 5.74) is 2.40. The van der Waals surface area contributed by atoms with Gasteiger partial charge in [0.2, 0.25) is 0 Å². The highest BCUT2D eigenvalue weighted by atomic mass is 15.2. The Morgan fingerprint density at radius 2 is 2.20 bits per heavy atom. The minimum absolute atomic E-state index is 0.816. The van der Waals surface area contributed by atoms with Gasteiger partial charge in [-0.3, -0.25) is 4.90 Å². The van der Waals surface area contributed by atoms with Gasteiger partial charge in [0.25, 0.3) is 0 Å². The van der Waals surface area contributed by atoms with Gasteiger partial charge in [-0.25, -0.2) is 4.98 Å². The van der Waals surface area contributed by atoms with Crippen LogP contribution in [-0.2, 0) is 6.54 Å². The van der Waals surface area contributed by atoms with Crippen LogP contribution in [0.3, 0.4) is 0 Å². The molecule has 2 unspecified atom stereocenters. The van der Waals surface area contributed by atoms with Crippen LogP contribution in [-0.4, -0.2) is 29.5 Å². The van der Waals surface area contributed by atoms with Crippen molar-refractivity contribution in [3.05, 3.63) is 35.9 Å². The Morgan fingerprint density at radius 3 is 2.95 bits per heavy atom. The van der Waals surface area contributed by atoms with Crippen LogP contribution in [0, 0.1) is 5.92 Å². The van der Waals surface area contributed by atoms with Crippen molar-refractivity contribution in [1.82, 2.24) is 9.88 Å². The van der Waals surface area contributed by atoms with Crippen molar-refractivity contribution in [2.75, 3.05) is 18.9 Å². The predicted molar refractivity (Wildman–Crippen MR) is 82.8 cm³/mol. The van der Waals surface area contributed by atoms with Crippen molar-refractivity contribution < 1.29 is 0 Å². The average molecular weight is 267 g/mol. The highest BCUT2D eigenvalue weighted by molar-refractivity contribution is 5.81. The summed E-state index contributed by atoms with van der Waals surface area (Å²) < 4.78 is 0. The number of fused-ring (bicyclic) bond motifs is 3. The van der Waals surface area contributed by atoms with Crippen LogP contribution in [0.15, 0.2) is 30.3 Å². The molecule has 1 aromatic carbocycles. The van der Waals surface area contributed by atoms with Crippen molar-refractivity contribution in [3.8, 4) is 0 Å². The zero-order valence-electron chi connectivity index (χ0n) is 12.0. The van der Waals surface area contributed by atoms with Crippen LogP contribution < -0.4 is 5.32 Å². The van der Waals surface area contributed by atoms with E-state index in [0.717, 1.165) is 29.8 Å². The number of nitrogens with zero attached hydrogens (tertiary/aromatic N) is 2. The number of aromatic nitrogens is 1. The Balaban J connectivity index is 1.67. The predicted octanol–water partition coefficient (Wildman–Crippen LogP) is 3.26. The lowest BCUT2D eigenvalue weighted by Crippen LogP contribution is -2.31. The third-order valence-corrected chi connectivity index (χ3v) is 4.94. The van der Waals surface area contributed by atoms with E-state index in [4.69, 9.17) is 4.98 Å². The lowest BCUT2D eigenvalue weighted by Gasteiger charge is -2.27. The van der Waals surface area contributed by atoms with Gasteiger partial charge in [0, 0.05) is 37.1 Å². The van der Waals surface area contributed by atoms with E-state index in [-0.39, 0.29) is 0 Å². The molecule has 20 heavy (non-hydrogen) atoms. The van der Waals surface area contributed by atoms with Crippen LogP contribution in [0.2, 0.25) is 0 Å². The second-order valence-corrected chi connectivity index (χ2v) is 6.20. The first-order valence-corrected chi connectivity index (χ1v) is 7.64. The number of anilines is 1. The fourth-order valence-electron chi connectivity index (χ4n) is 3.94.